The smallest absolute Gasteiger partial charge is 0.328 e. The lowest BCUT2D eigenvalue weighted by Gasteiger charge is -1.98. The second-order valence-electron chi connectivity index (χ2n) is 4.83. The van der Waals surface area contributed by atoms with Gasteiger partial charge in [0, 0.05) is 29.3 Å². The molecule has 0 radical (unpaired) electrons. The molecule has 0 unspecified atom stereocenters. The fourth-order valence-corrected chi connectivity index (χ4v) is 1.67. The molecular weight excluding hydrogens is 344 g/mol. The van der Waals surface area contributed by atoms with Gasteiger partial charge < -0.3 is 30.6 Å². The second kappa shape index (κ2) is 9.38. The van der Waals surface area contributed by atoms with Crippen molar-refractivity contribution in [3.63, 3.8) is 0 Å². The van der Waals surface area contributed by atoms with E-state index in [0.717, 1.165) is 18.2 Å². The van der Waals surface area contributed by atoms with Gasteiger partial charge in [-0.15, -0.1) is 0 Å². The molecule has 0 bridgehead atoms. The number of phenols is 4. The number of phenolic OH excluding ortho intramolecular Hbond substituents is 4. The van der Waals surface area contributed by atoms with Gasteiger partial charge in [-0.2, -0.15) is 0 Å². The number of rotatable bonds is 4. The van der Waals surface area contributed by atoms with E-state index in [2.05, 4.69) is 0 Å². The van der Waals surface area contributed by atoms with Gasteiger partial charge in [-0.3, -0.25) is 0 Å². The number of aliphatic carboxylic acids is 2. The maximum atomic E-state index is 10.1. The van der Waals surface area contributed by atoms with Crippen molar-refractivity contribution >= 4 is 24.1 Å². The zero-order chi connectivity index (χ0) is 19.7. The minimum absolute atomic E-state index is 0.0251. The molecule has 0 amide bonds. The third-order valence-electron chi connectivity index (χ3n) is 2.84. The van der Waals surface area contributed by atoms with Crippen molar-refractivity contribution in [3.8, 4) is 23.0 Å². The SMILES string of the molecule is O=C(O)/C=C/c1ccc(O)cc1O.O=C(O)C=Cc1cc(O)ccc1O. The van der Waals surface area contributed by atoms with E-state index in [1.54, 1.807) is 0 Å². The monoisotopic (exact) mass is 360 g/mol. The molecule has 136 valence electrons. The molecule has 8 heteroatoms. The van der Waals surface area contributed by atoms with E-state index >= 15 is 0 Å². The topological polar surface area (TPSA) is 156 Å². The molecule has 26 heavy (non-hydrogen) atoms. The van der Waals surface area contributed by atoms with E-state index in [0.29, 0.717) is 5.56 Å². The van der Waals surface area contributed by atoms with Gasteiger partial charge in [0.2, 0.25) is 0 Å². The summed E-state index contributed by atoms with van der Waals surface area (Å²) in [6.45, 7) is 0. The Kier molecular flexibility index (Phi) is 7.25. The number of hydrogen-bond acceptors (Lipinski definition) is 6. The van der Waals surface area contributed by atoms with E-state index in [-0.39, 0.29) is 28.6 Å². The minimum atomic E-state index is -1.11. The Balaban J connectivity index is 0.000000260. The lowest BCUT2D eigenvalue weighted by Crippen LogP contribution is -1.85. The first kappa shape index (κ1) is 20.1. The van der Waals surface area contributed by atoms with E-state index in [9.17, 15) is 19.8 Å². The van der Waals surface area contributed by atoms with Crippen molar-refractivity contribution in [3.05, 3.63) is 59.7 Å². The van der Waals surface area contributed by atoms with Crippen molar-refractivity contribution in [2.75, 3.05) is 0 Å². The van der Waals surface area contributed by atoms with Gasteiger partial charge in [0.1, 0.15) is 23.0 Å². The number of benzene rings is 2. The van der Waals surface area contributed by atoms with Gasteiger partial charge in [0.15, 0.2) is 0 Å². The van der Waals surface area contributed by atoms with Crippen LogP contribution in [0.1, 0.15) is 11.1 Å². The predicted octanol–water partition coefficient (Wildman–Crippen LogP) is 2.39. The molecule has 2 aromatic rings. The summed E-state index contributed by atoms with van der Waals surface area (Å²) in [6, 6.07) is 7.80. The quantitative estimate of drug-likeness (QED) is 0.358. The maximum absolute atomic E-state index is 10.1. The maximum Gasteiger partial charge on any atom is 0.328 e. The molecule has 0 aliphatic rings. The van der Waals surface area contributed by atoms with Crippen LogP contribution >= 0.6 is 0 Å². The summed E-state index contributed by atoms with van der Waals surface area (Å²) in [7, 11) is 0. The van der Waals surface area contributed by atoms with Crippen LogP contribution in [0.15, 0.2) is 48.6 Å². The molecule has 0 aliphatic heterocycles. The van der Waals surface area contributed by atoms with Gasteiger partial charge in [0.05, 0.1) is 0 Å². The molecule has 0 atom stereocenters. The fourth-order valence-electron chi connectivity index (χ4n) is 1.67. The standard InChI is InChI=1S/2C9H8O4/c10-7-2-3-8(11)6(5-7)1-4-9(12)13;10-7-3-1-6(8(11)5-7)2-4-9(12)13/h2*1-5,10-11H,(H,12,13)/b;4-2+. The molecule has 0 spiro atoms. The lowest BCUT2D eigenvalue weighted by atomic mass is 10.2. The predicted molar refractivity (Wildman–Crippen MR) is 92.9 cm³/mol. The fraction of sp³-hybridized carbons (Fsp3) is 0. The van der Waals surface area contributed by atoms with E-state index in [4.69, 9.17) is 20.4 Å². The zero-order valence-corrected chi connectivity index (χ0v) is 13.3. The molecule has 0 aliphatic carbocycles. The molecule has 8 nitrogen and oxygen atoms in total. The van der Waals surface area contributed by atoms with Crippen molar-refractivity contribution < 1.29 is 40.2 Å². The largest absolute Gasteiger partial charge is 0.508 e. The van der Waals surface area contributed by atoms with Crippen LogP contribution in [0.2, 0.25) is 0 Å². The highest BCUT2D eigenvalue weighted by Crippen LogP contribution is 2.24. The molecule has 0 saturated heterocycles. The van der Waals surface area contributed by atoms with Gasteiger partial charge >= 0.3 is 11.9 Å². The lowest BCUT2D eigenvalue weighted by molar-refractivity contribution is -0.132. The Morgan fingerprint density at radius 3 is 1.69 bits per heavy atom. The normalized spacial score (nSPS) is 10.5. The molecule has 0 saturated carbocycles. The van der Waals surface area contributed by atoms with Gasteiger partial charge in [-0.1, -0.05) is 0 Å². The highest BCUT2D eigenvalue weighted by Gasteiger charge is 1.99. The molecule has 2 rings (SSSR count). The number of hydrogen-bond donors (Lipinski definition) is 6. The Morgan fingerprint density at radius 2 is 1.15 bits per heavy atom. The van der Waals surface area contributed by atoms with Crippen LogP contribution < -0.4 is 0 Å². The van der Waals surface area contributed by atoms with Crippen LogP contribution in [0.25, 0.3) is 12.2 Å². The van der Waals surface area contributed by atoms with Gasteiger partial charge in [0.25, 0.3) is 0 Å². The summed E-state index contributed by atoms with van der Waals surface area (Å²) in [6.07, 6.45) is 4.25. The Labute approximate surface area is 147 Å². The van der Waals surface area contributed by atoms with Crippen LogP contribution in [0.5, 0.6) is 23.0 Å². The first-order valence-corrected chi connectivity index (χ1v) is 7.05. The minimum Gasteiger partial charge on any atom is -0.508 e. The summed E-state index contributed by atoms with van der Waals surface area (Å²) in [4.78, 5) is 20.3. The summed E-state index contributed by atoms with van der Waals surface area (Å²) in [5, 5.41) is 52.9. The van der Waals surface area contributed by atoms with E-state index < -0.39 is 11.9 Å². The first-order chi connectivity index (χ1) is 12.2. The highest BCUT2D eigenvalue weighted by molar-refractivity contribution is 5.86. The van der Waals surface area contributed by atoms with E-state index in [1.165, 1.54) is 42.5 Å². The molecule has 2 aromatic carbocycles. The van der Waals surface area contributed by atoms with Crippen molar-refractivity contribution in [1.29, 1.82) is 0 Å². The van der Waals surface area contributed by atoms with Crippen LogP contribution in [0.3, 0.4) is 0 Å². The average molecular weight is 360 g/mol. The summed E-state index contributed by atoms with van der Waals surface area (Å²) >= 11 is 0. The Hall–Kier alpha value is -3.94. The number of carbonyl (C=O) groups is 2. The molecule has 0 fully saturated rings. The van der Waals surface area contributed by atoms with Crippen molar-refractivity contribution in [2.24, 2.45) is 0 Å². The third kappa shape index (κ3) is 7.09. The Bertz CT molecular complexity index is 852. The average Bonchev–Trinajstić information content (AvgIpc) is 2.55. The van der Waals surface area contributed by atoms with Crippen molar-refractivity contribution in [2.45, 2.75) is 0 Å². The summed E-state index contributed by atoms with van der Waals surface area (Å²) in [5.74, 6) is -2.52. The Morgan fingerprint density at radius 1 is 0.654 bits per heavy atom. The number of carboxylic acids is 2. The number of carboxylic acid groups (broad SMARTS) is 2. The molecule has 0 aromatic heterocycles. The van der Waals surface area contributed by atoms with Crippen LogP contribution in [0, 0.1) is 0 Å². The molecule has 6 N–H and O–H groups in total. The van der Waals surface area contributed by atoms with E-state index in [1.807, 2.05) is 0 Å². The van der Waals surface area contributed by atoms with Gasteiger partial charge in [-0.05, 0) is 42.5 Å². The number of aromatic hydroxyl groups is 4. The molecular formula is C18H16O8. The highest BCUT2D eigenvalue weighted by atomic mass is 16.4. The first-order valence-electron chi connectivity index (χ1n) is 7.05. The van der Waals surface area contributed by atoms with Crippen LogP contribution in [-0.4, -0.2) is 42.6 Å². The van der Waals surface area contributed by atoms with Gasteiger partial charge in [-0.25, -0.2) is 9.59 Å². The van der Waals surface area contributed by atoms with Crippen LogP contribution in [0.4, 0.5) is 0 Å². The zero-order valence-electron chi connectivity index (χ0n) is 13.3. The van der Waals surface area contributed by atoms with Crippen molar-refractivity contribution in [1.82, 2.24) is 0 Å². The summed E-state index contributed by atoms with van der Waals surface area (Å²) < 4.78 is 0. The third-order valence-corrected chi connectivity index (χ3v) is 2.84. The molecule has 0 heterocycles. The summed E-state index contributed by atoms with van der Waals surface area (Å²) in [5.41, 5.74) is 0.614. The second-order valence-corrected chi connectivity index (χ2v) is 4.83. The van der Waals surface area contributed by atoms with Crippen LogP contribution in [-0.2, 0) is 9.59 Å².